The molecule has 0 radical (unpaired) electrons. The number of hydrogen-bond donors (Lipinski definition) is 2. The Balaban J connectivity index is 1.57. The van der Waals surface area contributed by atoms with Gasteiger partial charge in [-0.1, -0.05) is 12.1 Å². The lowest BCUT2D eigenvalue weighted by Gasteiger charge is -2.34. The number of halogens is 2. The number of nitrogens with zero attached hydrogens (tertiary/aromatic N) is 5. The molecule has 2 saturated heterocycles. The maximum atomic E-state index is 14.0. The monoisotopic (exact) mass is 457 g/mol. The van der Waals surface area contributed by atoms with Gasteiger partial charge in [-0.2, -0.15) is 9.97 Å². The van der Waals surface area contributed by atoms with Gasteiger partial charge in [-0.3, -0.25) is 4.57 Å². The molecule has 33 heavy (non-hydrogen) atoms. The number of benzene rings is 1. The quantitative estimate of drug-likeness (QED) is 0.587. The van der Waals surface area contributed by atoms with Crippen LogP contribution in [0.25, 0.3) is 16.9 Å². The van der Waals surface area contributed by atoms with E-state index in [1.807, 2.05) is 6.07 Å². The molecule has 1 aromatic carbocycles. The average molecular weight is 458 g/mol. The fourth-order valence-corrected chi connectivity index (χ4v) is 4.60. The van der Waals surface area contributed by atoms with Gasteiger partial charge in [-0.05, 0) is 50.9 Å². The second-order valence-electron chi connectivity index (χ2n) is 8.71. The second-order valence-corrected chi connectivity index (χ2v) is 8.71. The number of rotatable bonds is 6. The van der Waals surface area contributed by atoms with E-state index in [1.54, 1.807) is 24.3 Å². The van der Waals surface area contributed by atoms with Gasteiger partial charge in [0.1, 0.15) is 11.6 Å². The van der Waals surface area contributed by atoms with Crippen LogP contribution in [0.1, 0.15) is 32.0 Å². The summed E-state index contributed by atoms with van der Waals surface area (Å²) in [6.07, 6.45) is -0.458. The Labute approximate surface area is 191 Å². The first-order valence-electron chi connectivity index (χ1n) is 11.5. The number of imidazole rings is 1. The van der Waals surface area contributed by atoms with Gasteiger partial charge in [0.25, 0.3) is 6.43 Å². The van der Waals surface area contributed by atoms with E-state index in [-0.39, 0.29) is 11.9 Å². The maximum Gasteiger partial charge on any atom is 0.296 e. The van der Waals surface area contributed by atoms with Crippen molar-refractivity contribution < 1.29 is 13.5 Å². The molecule has 10 heteroatoms. The van der Waals surface area contributed by atoms with Crippen molar-refractivity contribution in [3.63, 3.8) is 0 Å². The standard InChI is InChI=1S/C23H29F2N7O/c1-15-14-33-10-9-31(15)19-11-20(30-23(29-19)27-13-16-5-4-8-26-12-16)32-18-7-3-2-6-17(18)28-22(32)21(24)25/h2-3,6-7,11,15-16,21,26H,4-5,8-10,12-14H2,1H3,(H,27,29,30)/t15-,16-/m0/s1. The number of aromatic nitrogens is 4. The summed E-state index contributed by atoms with van der Waals surface area (Å²) in [5.41, 5.74) is 1.10. The number of fused-ring (bicyclic) bond motifs is 1. The van der Waals surface area contributed by atoms with Crippen LogP contribution in [0.5, 0.6) is 0 Å². The molecular weight excluding hydrogens is 428 g/mol. The van der Waals surface area contributed by atoms with Crippen LogP contribution in [0, 0.1) is 5.92 Å². The zero-order valence-electron chi connectivity index (χ0n) is 18.7. The summed E-state index contributed by atoms with van der Waals surface area (Å²) >= 11 is 0. The van der Waals surface area contributed by atoms with Crippen molar-refractivity contribution in [2.24, 2.45) is 5.92 Å². The Morgan fingerprint density at radius 2 is 2.06 bits per heavy atom. The number of nitrogens with one attached hydrogen (secondary N) is 2. The third-order valence-electron chi connectivity index (χ3n) is 6.32. The molecule has 2 aromatic heterocycles. The van der Waals surface area contributed by atoms with Crippen molar-refractivity contribution in [1.29, 1.82) is 0 Å². The summed E-state index contributed by atoms with van der Waals surface area (Å²) in [4.78, 5) is 15.8. The van der Waals surface area contributed by atoms with E-state index < -0.39 is 6.43 Å². The number of morpholine rings is 1. The minimum absolute atomic E-state index is 0.117. The lowest BCUT2D eigenvalue weighted by Crippen LogP contribution is -2.44. The van der Waals surface area contributed by atoms with Gasteiger partial charge >= 0.3 is 0 Å². The lowest BCUT2D eigenvalue weighted by atomic mass is 10.00. The number of para-hydroxylation sites is 2. The summed E-state index contributed by atoms with van der Waals surface area (Å²) in [6, 6.07) is 9.02. The molecule has 8 nitrogen and oxygen atoms in total. The Hall–Kier alpha value is -2.85. The Morgan fingerprint density at radius 3 is 2.85 bits per heavy atom. The van der Waals surface area contributed by atoms with Crippen LogP contribution in [-0.2, 0) is 4.74 Å². The zero-order valence-corrected chi connectivity index (χ0v) is 18.7. The van der Waals surface area contributed by atoms with Crippen LogP contribution >= 0.6 is 0 Å². The van der Waals surface area contributed by atoms with Crippen LogP contribution < -0.4 is 15.5 Å². The van der Waals surface area contributed by atoms with Crippen molar-refractivity contribution in [3.8, 4) is 5.82 Å². The molecule has 0 aliphatic carbocycles. The van der Waals surface area contributed by atoms with Crippen LogP contribution in [0.3, 0.4) is 0 Å². The van der Waals surface area contributed by atoms with E-state index in [4.69, 9.17) is 9.72 Å². The van der Waals surface area contributed by atoms with Gasteiger partial charge in [-0.25, -0.2) is 13.8 Å². The molecule has 0 bridgehead atoms. The molecule has 3 aromatic rings. The lowest BCUT2D eigenvalue weighted by molar-refractivity contribution is 0.0985. The molecule has 0 unspecified atom stereocenters. The molecule has 5 rings (SSSR count). The highest BCUT2D eigenvalue weighted by molar-refractivity contribution is 5.78. The number of anilines is 2. The summed E-state index contributed by atoms with van der Waals surface area (Å²) in [5.74, 6) is 1.66. The highest BCUT2D eigenvalue weighted by atomic mass is 19.3. The van der Waals surface area contributed by atoms with Crippen LogP contribution in [0.15, 0.2) is 30.3 Å². The van der Waals surface area contributed by atoms with E-state index in [0.717, 1.165) is 32.5 Å². The van der Waals surface area contributed by atoms with Gasteiger partial charge < -0.3 is 20.3 Å². The highest BCUT2D eigenvalue weighted by Gasteiger charge is 2.25. The summed E-state index contributed by atoms with van der Waals surface area (Å²) in [5, 5.41) is 6.78. The molecule has 2 aliphatic rings. The van der Waals surface area contributed by atoms with Crippen molar-refractivity contribution in [2.45, 2.75) is 32.2 Å². The first kappa shape index (κ1) is 22.0. The SMILES string of the molecule is C[C@H]1COCCN1c1cc(-n2c(C(F)F)nc3ccccc32)nc(NC[C@H]2CCCNC2)n1. The normalized spacial score (nSPS) is 21.6. The number of hydrogen-bond acceptors (Lipinski definition) is 7. The average Bonchev–Trinajstić information content (AvgIpc) is 3.24. The van der Waals surface area contributed by atoms with Gasteiger partial charge in [0.2, 0.25) is 5.95 Å². The van der Waals surface area contributed by atoms with E-state index in [1.165, 1.54) is 4.57 Å². The number of piperidine rings is 1. The third kappa shape index (κ3) is 4.63. The molecule has 176 valence electrons. The molecule has 2 fully saturated rings. The third-order valence-corrected chi connectivity index (χ3v) is 6.32. The predicted octanol–water partition coefficient (Wildman–Crippen LogP) is 3.39. The Kier molecular flexibility index (Phi) is 6.37. The Morgan fingerprint density at radius 1 is 1.21 bits per heavy atom. The minimum Gasteiger partial charge on any atom is -0.377 e. The summed E-state index contributed by atoms with van der Waals surface area (Å²) < 4.78 is 35.0. The second kappa shape index (κ2) is 9.56. The minimum atomic E-state index is -2.73. The van der Waals surface area contributed by atoms with E-state index >= 15 is 0 Å². The molecule has 0 spiro atoms. The predicted molar refractivity (Wildman–Crippen MR) is 123 cm³/mol. The van der Waals surface area contributed by atoms with Gasteiger partial charge in [-0.15, -0.1) is 0 Å². The van der Waals surface area contributed by atoms with E-state index in [9.17, 15) is 8.78 Å². The molecule has 2 N–H and O–H groups in total. The molecule has 2 aliphatic heterocycles. The maximum absolute atomic E-state index is 14.0. The fourth-order valence-electron chi connectivity index (χ4n) is 4.60. The van der Waals surface area contributed by atoms with Crippen LogP contribution in [-0.4, -0.2) is 65.0 Å². The van der Waals surface area contributed by atoms with Crippen molar-refractivity contribution in [2.75, 3.05) is 49.6 Å². The summed E-state index contributed by atoms with van der Waals surface area (Å²) in [7, 11) is 0. The van der Waals surface area contributed by atoms with Crippen molar-refractivity contribution in [1.82, 2.24) is 24.8 Å². The van der Waals surface area contributed by atoms with Crippen molar-refractivity contribution in [3.05, 3.63) is 36.2 Å². The van der Waals surface area contributed by atoms with Crippen molar-refractivity contribution >= 4 is 22.8 Å². The molecular formula is C23H29F2N7O. The van der Waals surface area contributed by atoms with Crippen LogP contribution in [0.4, 0.5) is 20.5 Å². The smallest absolute Gasteiger partial charge is 0.296 e. The molecule has 0 amide bonds. The molecule has 4 heterocycles. The zero-order chi connectivity index (χ0) is 22.8. The van der Waals surface area contributed by atoms with Gasteiger partial charge in [0.05, 0.1) is 30.3 Å². The fraction of sp³-hybridized carbons (Fsp3) is 0.522. The summed E-state index contributed by atoms with van der Waals surface area (Å²) in [6.45, 7) is 6.64. The largest absolute Gasteiger partial charge is 0.377 e. The first-order valence-corrected chi connectivity index (χ1v) is 11.5. The number of ether oxygens (including phenoxy) is 1. The van der Waals surface area contributed by atoms with E-state index in [0.29, 0.717) is 54.3 Å². The number of alkyl halides is 2. The van der Waals surface area contributed by atoms with Crippen LogP contribution in [0.2, 0.25) is 0 Å². The molecule has 2 atom stereocenters. The Bertz CT molecular complexity index is 1100. The van der Waals surface area contributed by atoms with E-state index in [2.05, 4.69) is 32.4 Å². The first-order chi connectivity index (χ1) is 16.1. The van der Waals surface area contributed by atoms with Gasteiger partial charge in [0.15, 0.2) is 5.82 Å². The molecule has 0 saturated carbocycles. The highest BCUT2D eigenvalue weighted by Crippen LogP contribution is 2.30. The topological polar surface area (TPSA) is 80.1 Å². The van der Waals surface area contributed by atoms with Gasteiger partial charge in [0, 0.05) is 19.2 Å².